The lowest BCUT2D eigenvalue weighted by Gasteiger charge is -2.31. The Kier molecular flexibility index (Phi) is 6.89. The molecule has 0 aromatic rings. The first-order valence-electron chi connectivity index (χ1n) is 6.30. The minimum atomic E-state index is -0.252. The summed E-state index contributed by atoms with van der Waals surface area (Å²) >= 11 is 0. The highest BCUT2D eigenvalue weighted by Gasteiger charge is 2.18. The Bertz CT molecular complexity index is 251. The van der Waals surface area contributed by atoms with E-state index in [1.807, 2.05) is 13.0 Å². The molecule has 0 bridgehead atoms. The summed E-state index contributed by atoms with van der Waals surface area (Å²) in [5, 5.41) is 0. The molecule has 0 saturated carbocycles. The van der Waals surface area contributed by atoms with Gasteiger partial charge in [0.15, 0.2) is 0 Å². The fraction of sp³-hybridized carbons (Fsp3) is 0.769. The third-order valence-electron chi connectivity index (χ3n) is 2.91. The van der Waals surface area contributed by atoms with E-state index < -0.39 is 0 Å². The average molecular weight is 241 g/mol. The maximum atomic E-state index is 11.1. The first kappa shape index (κ1) is 14.2. The molecule has 1 atom stereocenters. The van der Waals surface area contributed by atoms with Gasteiger partial charge in [0.25, 0.3) is 0 Å². The molecule has 1 rings (SSSR count). The number of esters is 1. The lowest BCUT2D eigenvalue weighted by Crippen LogP contribution is -2.37. The van der Waals surface area contributed by atoms with Crippen LogP contribution >= 0.6 is 0 Å². The van der Waals surface area contributed by atoms with E-state index in [0.29, 0.717) is 12.5 Å². The van der Waals surface area contributed by atoms with Gasteiger partial charge in [0, 0.05) is 26.3 Å². The van der Waals surface area contributed by atoms with Crippen LogP contribution in [0, 0.1) is 5.92 Å². The molecular formula is C13H23NO3. The van der Waals surface area contributed by atoms with Crippen LogP contribution in [0.15, 0.2) is 12.2 Å². The van der Waals surface area contributed by atoms with Crippen molar-refractivity contribution in [3.63, 3.8) is 0 Å². The molecule has 0 radical (unpaired) electrons. The average Bonchev–Trinajstić information content (AvgIpc) is 2.30. The molecule has 0 N–H and O–H groups in total. The quantitative estimate of drug-likeness (QED) is 0.521. The summed E-state index contributed by atoms with van der Waals surface area (Å²) in [5.41, 5.74) is 0. The number of ether oxygens (including phenoxy) is 2. The topological polar surface area (TPSA) is 38.8 Å². The van der Waals surface area contributed by atoms with E-state index >= 15 is 0 Å². The number of rotatable bonds is 6. The number of hydrogen-bond donors (Lipinski definition) is 0. The normalized spacial score (nSPS) is 21.9. The van der Waals surface area contributed by atoms with E-state index in [-0.39, 0.29) is 5.97 Å². The molecule has 1 heterocycles. The largest absolute Gasteiger partial charge is 0.463 e. The standard InChI is InChI=1S/C13H23NO3/c1-3-17-13(15)7-5-9-14-8-4-6-12(10-14)11-16-2/h5,7,12H,3-4,6,8-11H2,1-2H3. The van der Waals surface area contributed by atoms with Crippen LogP contribution < -0.4 is 0 Å². The van der Waals surface area contributed by atoms with E-state index in [2.05, 4.69) is 4.90 Å². The van der Waals surface area contributed by atoms with Gasteiger partial charge in [0.2, 0.25) is 0 Å². The van der Waals surface area contributed by atoms with Crippen LogP contribution in [0.25, 0.3) is 0 Å². The zero-order chi connectivity index (χ0) is 12.5. The van der Waals surface area contributed by atoms with E-state index in [4.69, 9.17) is 9.47 Å². The second-order valence-corrected chi connectivity index (χ2v) is 4.38. The smallest absolute Gasteiger partial charge is 0.330 e. The van der Waals surface area contributed by atoms with Crippen LogP contribution in [0.1, 0.15) is 19.8 Å². The van der Waals surface area contributed by atoms with Crippen molar-refractivity contribution in [3.05, 3.63) is 12.2 Å². The monoisotopic (exact) mass is 241 g/mol. The fourth-order valence-corrected chi connectivity index (χ4v) is 2.18. The molecule has 4 heteroatoms. The molecular weight excluding hydrogens is 218 g/mol. The van der Waals surface area contributed by atoms with Gasteiger partial charge in [-0.05, 0) is 32.2 Å². The van der Waals surface area contributed by atoms with Gasteiger partial charge < -0.3 is 9.47 Å². The Balaban J connectivity index is 2.24. The summed E-state index contributed by atoms with van der Waals surface area (Å²) in [6, 6.07) is 0. The van der Waals surface area contributed by atoms with Crippen molar-refractivity contribution in [2.75, 3.05) is 40.0 Å². The van der Waals surface area contributed by atoms with Gasteiger partial charge in [-0.25, -0.2) is 4.79 Å². The van der Waals surface area contributed by atoms with Gasteiger partial charge in [-0.15, -0.1) is 0 Å². The van der Waals surface area contributed by atoms with Crippen molar-refractivity contribution in [1.82, 2.24) is 4.90 Å². The molecule has 0 aromatic carbocycles. The number of carbonyl (C=O) groups excluding carboxylic acids is 1. The molecule has 1 aliphatic rings. The second-order valence-electron chi connectivity index (χ2n) is 4.38. The van der Waals surface area contributed by atoms with Crippen molar-refractivity contribution in [2.45, 2.75) is 19.8 Å². The minimum absolute atomic E-state index is 0.252. The van der Waals surface area contributed by atoms with Crippen LogP contribution in [0.3, 0.4) is 0 Å². The van der Waals surface area contributed by atoms with E-state index in [1.54, 1.807) is 7.11 Å². The minimum Gasteiger partial charge on any atom is -0.463 e. The first-order chi connectivity index (χ1) is 8.26. The van der Waals surface area contributed by atoms with Crippen molar-refractivity contribution < 1.29 is 14.3 Å². The molecule has 0 aromatic heterocycles. The molecule has 1 unspecified atom stereocenters. The molecule has 0 amide bonds. The summed E-state index contributed by atoms with van der Waals surface area (Å²) in [6.07, 6.45) is 5.85. The Hall–Kier alpha value is -0.870. The highest BCUT2D eigenvalue weighted by atomic mass is 16.5. The summed E-state index contributed by atoms with van der Waals surface area (Å²) in [7, 11) is 1.75. The first-order valence-corrected chi connectivity index (χ1v) is 6.30. The van der Waals surface area contributed by atoms with Crippen LogP contribution in [-0.4, -0.2) is 50.8 Å². The maximum Gasteiger partial charge on any atom is 0.330 e. The molecule has 0 aliphatic carbocycles. The molecule has 17 heavy (non-hydrogen) atoms. The molecule has 0 spiro atoms. The third kappa shape index (κ3) is 5.84. The van der Waals surface area contributed by atoms with Crippen molar-refractivity contribution >= 4 is 5.97 Å². The van der Waals surface area contributed by atoms with Gasteiger partial charge >= 0.3 is 5.97 Å². The van der Waals surface area contributed by atoms with Crippen LogP contribution in [-0.2, 0) is 14.3 Å². The predicted octanol–water partition coefficient (Wildman–Crippen LogP) is 1.46. The van der Waals surface area contributed by atoms with Gasteiger partial charge in [0.1, 0.15) is 0 Å². The van der Waals surface area contributed by atoms with Crippen molar-refractivity contribution in [2.24, 2.45) is 5.92 Å². The summed E-state index contributed by atoms with van der Waals surface area (Å²) in [5.74, 6) is 0.377. The molecule has 1 fully saturated rings. The van der Waals surface area contributed by atoms with Crippen LogP contribution in [0.5, 0.6) is 0 Å². The zero-order valence-electron chi connectivity index (χ0n) is 10.9. The number of nitrogens with zero attached hydrogens (tertiary/aromatic N) is 1. The second kappa shape index (κ2) is 8.25. The summed E-state index contributed by atoms with van der Waals surface area (Å²) in [6.45, 7) is 6.06. The lowest BCUT2D eigenvalue weighted by molar-refractivity contribution is -0.137. The van der Waals surface area contributed by atoms with E-state index in [1.165, 1.54) is 18.9 Å². The molecule has 1 saturated heterocycles. The lowest BCUT2D eigenvalue weighted by atomic mass is 9.99. The van der Waals surface area contributed by atoms with E-state index in [0.717, 1.165) is 26.2 Å². The Labute approximate surface area is 104 Å². The van der Waals surface area contributed by atoms with Gasteiger partial charge in [-0.3, -0.25) is 4.90 Å². The number of piperidine rings is 1. The number of carbonyl (C=O) groups is 1. The fourth-order valence-electron chi connectivity index (χ4n) is 2.18. The van der Waals surface area contributed by atoms with Crippen LogP contribution in [0.4, 0.5) is 0 Å². The SMILES string of the molecule is CCOC(=O)C=CCN1CCCC(COC)C1. The molecule has 4 nitrogen and oxygen atoms in total. The van der Waals surface area contributed by atoms with Gasteiger partial charge in [-0.2, -0.15) is 0 Å². The number of methoxy groups -OCH3 is 1. The van der Waals surface area contributed by atoms with Gasteiger partial charge in [-0.1, -0.05) is 6.08 Å². The Morgan fingerprint density at radius 1 is 1.53 bits per heavy atom. The zero-order valence-corrected chi connectivity index (χ0v) is 10.9. The van der Waals surface area contributed by atoms with Gasteiger partial charge in [0.05, 0.1) is 13.2 Å². The highest BCUT2D eigenvalue weighted by Crippen LogP contribution is 2.16. The summed E-state index contributed by atoms with van der Waals surface area (Å²) in [4.78, 5) is 13.5. The highest BCUT2D eigenvalue weighted by molar-refractivity contribution is 5.81. The third-order valence-corrected chi connectivity index (χ3v) is 2.91. The van der Waals surface area contributed by atoms with Crippen LogP contribution in [0.2, 0.25) is 0 Å². The predicted molar refractivity (Wildman–Crippen MR) is 66.8 cm³/mol. The Morgan fingerprint density at radius 3 is 3.06 bits per heavy atom. The number of likely N-dealkylation sites (tertiary alicyclic amines) is 1. The maximum absolute atomic E-state index is 11.1. The van der Waals surface area contributed by atoms with Crippen molar-refractivity contribution in [3.8, 4) is 0 Å². The molecule has 1 aliphatic heterocycles. The van der Waals surface area contributed by atoms with E-state index in [9.17, 15) is 4.79 Å². The summed E-state index contributed by atoms with van der Waals surface area (Å²) < 4.78 is 10.0. The Morgan fingerprint density at radius 2 is 2.35 bits per heavy atom. The molecule has 98 valence electrons. The van der Waals surface area contributed by atoms with Crippen molar-refractivity contribution in [1.29, 1.82) is 0 Å². The number of hydrogen-bond acceptors (Lipinski definition) is 4.